The third-order valence-corrected chi connectivity index (χ3v) is 5.58. The Hall–Kier alpha value is -2.98. The number of carboxylic acids is 1. The number of hydrogen-bond acceptors (Lipinski definition) is 3. The molecule has 4 heteroatoms. The van der Waals surface area contributed by atoms with Gasteiger partial charge < -0.3 is 9.84 Å². The molecule has 0 unspecified atom stereocenters. The van der Waals surface area contributed by atoms with Gasteiger partial charge in [-0.05, 0) is 54.3 Å². The average Bonchev–Trinajstić information content (AvgIpc) is 2.72. The lowest BCUT2D eigenvalue weighted by Crippen LogP contribution is -2.09. The maximum Gasteiger partial charge on any atom is 0.341 e. The summed E-state index contributed by atoms with van der Waals surface area (Å²) >= 11 is 1.75. The third-order valence-electron chi connectivity index (χ3n) is 4.48. The molecule has 0 radical (unpaired) electrons. The Labute approximate surface area is 176 Å². The first-order chi connectivity index (χ1) is 14.0. The van der Waals surface area contributed by atoms with Crippen LogP contribution in [0, 0.1) is 13.8 Å². The maximum absolute atomic E-state index is 10.6. The fourth-order valence-electron chi connectivity index (χ4n) is 2.99. The van der Waals surface area contributed by atoms with E-state index in [1.54, 1.807) is 11.8 Å². The summed E-state index contributed by atoms with van der Waals surface area (Å²) in [4.78, 5) is 11.8. The molecule has 29 heavy (non-hydrogen) atoms. The number of benzene rings is 3. The number of carbonyl (C=O) groups is 1. The number of thioether (sulfide) groups is 1. The molecular formula is C25H24O3S. The number of rotatable bonds is 8. The van der Waals surface area contributed by atoms with Crippen LogP contribution in [-0.4, -0.2) is 23.4 Å². The molecule has 0 aromatic heterocycles. The van der Waals surface area contributed by atoms with Gasteiger partial charge in [-0.1, -0.05) is 66.2 Å². The van der Waals surface area contributed by atoms with Crippen molar-refractivity contribution in [2.45, 2.75) is 18.7 Å². The summed E-state index contributed by atoms with van der Waals surface area (Å²) in [6, 6.07) is 24.7. The molecule has 0 amide bonds. The van der Waals surface area contributed by atoms with E-state index in [4.69, 9.17) is 9.84 Å². The van der Waals surface area contributed by atoms with E-state index in [0.29, 0.717) is 5.75 Å². The van der Waals surface area contributed by atoms with Crippen molar-refractivity contribution < 1.29 is 14.6 Å². The monoisotopic (exact) mass is 404 g/mol. The number of ether oxygens (including phenoxy) is 1. The van der Waals surface area contributed by atoms with Gasteiger partial charge in [0.1, 0.15) is 5.75 Å². The topological polar surface area (TPSA) is 46.5 Å². The van der Waals surface area contributed by atoms with E-state index >= 15 is 0 Å². The van der Waals surface area contributed by atoms with E-state index < -0.39 is 5.97 Å². The molecule has 0 saturated heterocycles. The van der Waals surface area contributed by atoms with Crippen molar-refractivity contribution >= 4 is 23.3 Å². The second kappa shape index (κ2) is 9.99. The Morgan fingerprint density at radius 3 is 2.31 bits per heavy atom. The van der Waals surface area contributed by atoms with E-state index in [1.807, 2.05) is 31.2 Å². The average molecular weight is 405 g/mol. The van der Waals surface area contributed by atoms with Crippen molar-refractivity contribution in [2.75, 3.05) is 12.4 Å². The zero-order chi connectivity index (χ0) is 20.6. The highest BCUT2D eigenvalue weighted by atomic mass is 32.2. The zero-order valence-electron chi connectivity index (χ0n) is 16.6. The van der Waals surface area contributed by atoms with Crippen LogP contribution in [-0.2, 0) is 4.79 Å². The summed E-state index contributed by atoms with van der Waals surface area (Å²) < 4.78 is 5.25. The van der Waals surface area contributed by atoms with Crippen LogP contribution in [0.1, 0.15) is 22.3 Å². The van der Waals surface area contributed by atoms with Crippen molar-refractivity contribution in [1.29, 1.82) is 0 Å². The second-order valence-electron chi connectivity index (χ2n) is 6.77. The Kier molecular flexibility index (Phi) is 7.14. The highest BCUT2D eigenvalue weighted by Gasteiger charge is 2.07. The van der Waals surface area contributed by atoms with Crippen LogP contribution in [0.5, 0.6) is 5.75 Å². The summed E-state index contributed by atoms with van der Waals surface area (Å²) in [6.45, 7) is 3.78. The summed E-state index contributed by atoms with van der Waals surface area (Å²) in [5.41, 5.74) is 5.94. The van der Waals surface area contributed by atoms with E-state index in [-0.39, 0.29) is 6.61 Å². The predicted molar refractivity (Wildman–Crippen MR) is 120 cm³/mol. The van der Waals surface area contributed by atoms with Crippen molar-refractivity contribution in [3.05, 3.63) is 101 Å². The van der Waals surface area contributed by atoms with Gasteiger partial charge in [-0.3, -0.25) is 0 Å². The lowest BCUT2D eigenvalue weighted by molar-refractivity contribution is -0.139. The minimum Gasteiger partial charge on any atom is -0.482 e. The quantitative estimate of drug-likeness (QED) is 0.468. The normalized spacial score (nSPS) is 11.3. The van der Waals surface area contributed by atoms with Gasteiger partial charge in [-0.2, -0.15) is 0 Å². The lowest BCUT2D eigenvalue weighted by Gasteiger charge is -2.11. The summed E-state index contributed by atoms with van der Waals surface area (Å²) in [5.74, 6) is 0.430. The van der Waals surface area contributed by atoms with Crippen molar-refractivity contribution in [3.8, 4) is 5.75 Å². The molecule has 0 saturated carbocycles. The van der Waals surface area contributed by atoms with Crippen LogP contribution >= 0.6 is 11.8 Å². The highest BCUT2D eigenvalue weighted by Crippen LogP contribution is 2.29. The minimum absolute atomic E-state index is 0.328. The standard InChI is InChI=1S/C25H24O3S/c1-18-8-10-21(11-9-18)23(20-6-4-3-5-7-20)14-15-29-24-13-12-22(16-19(24)2)28-17-25(26)27/h3-14,16H,15,17H2,1-2H3,(H,26,27)/b23-14-. The molecule has 0 spiro atoms. The van der Waals surface area contributed by atoms with Gasteiger partial charge in [0.2, 0.25) is 0 Å². The molecule has 0 aliphatic heterocycles. The van der Waals surface area contributed by atoms with Crippen LogP contribution in [0.15, 0.2) is 83.8 Å². The first-order valence-corrected chi connectivity index (χ1v) is 10.4. The molecule has 0 heterocycles. The Morgan fingerprint density at radius 1 is 0.966 bits per heavy atom. The molecule has 0 atom stereocenters. The largest absolute Gasteiger partial charge is 0.482 e. The fourth-order valence-corrected chi connectivity index (χ4v) is 3.87. The van der Waals surface area contributed by atoms with Crippen LogP contribution < -0.4 is 4.74 Å². The van der Waals surface area contributed by atoms with Crippen LogP contribution in [0.3, 0.4) is 0 Å². The van der Waals surface area contributed by atoms with Crippen LogP contribution in [0.4, 0.5) is 0 Å². The molecule has 3 aromatic carbocycles. The maximum atomic E-state index is 10.6. The molecule has 0 bridgehead atoms. The summed E-state index contributed by atoms with van der Waals surface area (Å²) in [6.07, 6.45) is 2.26. The van der Waals surface area contributed by atoms with Gasteiger partial charge in [0, 0.05) is 10.6 Å². The summed E-state index contributed by atoms with van der Waals surface area (Å²) in [5, 5.41) is 8.73. The number of hydrogen-bond donors (Lipinski definition) is 1. The van der Waals surface area contributed by atoms with Gasteiger partial charge in [-0.15, -0.1) is 11.8 Å². The van der Waals surface area contributed by atoms with Gasteiger partial charge in [0.05, 0.1) is 0 Å². The summed E-state index contributed by atoms with van der Waals surface area (Å²) in [7, 11) is 0. The molecule has 3 nitrogen and oxygen atoms in total. The smallest absolute Gasteiger partial charge is 0.341 e. The fraction of sp³-hybridized carbons (Fsp3) is 0.160. The van der Waals surface area contributed by atoms with Gasteiger partial charge in [0.15, 0.2) is 6.61 Å². The van der Waals surface area contributed by atoms with Gasteiger partial charge in [0.25, 0.3) is 0 Å². The van der Waals surface area contributed by atoms with Crippen molar-refractivity contribution in [1.82, 2.24) is 0 Å². The van der Waals surface area contributed by atoms with Crippen molar-refractivity contribution in [2.24, 2.45) is 0 Å². The first-order valence-electron chi connectivity index (χ1n) is 9.43. The Bertz CT molecular complexity index is 992. The van der Waals surface area contributed by atoms with Crippen molar-refractivity contribution in [3.63, 3.8) is 0 Å². The van der Waals surface area contributed by atoms with E-state index in [2.05, 4.69) is 61.5 Å². The predicted octanol–water partition coefficient (Wildman–Crippen LogP) is 5.99. The second-order valence-corrected chi connectivity index (χ2v) is 7.83. The van der Waals surface area contributed by atoms with E-state index in [0.717, 1.165) is 16.2 Å². The van der Waals surface area contributed by atoms with Gasteiger partial charge in [-0.25, -0.2) is 4.79 Å². The van der Waals surface area contributed by atoms with Crippen LogP contribution in [0.2, 0.25) is 0 Å². The molecule has 3 aromatic rings. The SMILES string of the molecule is Cc1ccc(/C(=C\CSc2ccc(OCC(=O)O)cc2C)c2ccccc2)cc1. The van der Waals surface area contributed by atoms with Gasteiger partial charge >= 0.3 is 5.97 Å². The molecule has 148 valence electrons. The van der Waals surface area contributed by atoms with E-state index in [9.17, 15) is 4.79 Å². The first kappa shape index (κ1) is 20.7. The molecule has 3 rings (SSSR count). The lowest BCUT2D eigenvalue weighted by atomic mass is 9.97. The number of aliphatic carboxylic acids is 1. The number of carboxylic acid groups (broad SMARTS) is 1. The molecule has 1 N–H and O–H groups in total. The Balaban J connectivity index is 1.76. The minimum atomic E-state index is -0.976. The molecule has 0 aliphatic carbocycles. The van der Waals surface area contributed by atoms with E-state index in [1.165, 1.54) is 22.3 Å². The molecule has 0 aliphatic rings. The molecular weight excluding hydrogens is 380 g/mol. The van der Waals surface area contributed by atoms with Crippen LogP contribution in [0.25, 0.3) is 5.57 Å². The third kappa shape index (κ3) is 6.00. The Morgan fingerprint density at radius 2 is 1.66 bits per heavy atom. The highest BCUT2D eigenvalue weighted by molar-refractivity contribution is 7.99. The molecule has 0 fully saturated rings. The number of aryl methyl sites for hydroxylation is 2. The zero-order valence-corrected chi connectivity index (χ0v) is 17.4.